The first-order valence-electron chi connectivity index (χ1n) is 7.07. The lowest BCUT2D eigenvalue weighted by Crippen LogP contribution is -2.30. The van der Waals surface area contributed by atoms with Gasteiger partial charge in [0, 0.05) is 10.6 Å². The van der Waals surface area contributed by atoms with Crippen LogP contribution in [0.25, 0.3) is 0 Å². The van der Waals surface area contributed by atoms with E-state index in [2.05, 4.69) is 15.0 Å². The lowest BCUT2D eigenvalue weighted by molar-refractivity contribution is -0.166. The summed E-state index contributed by atoms with van der Waals surface area (Å²) in [6.07, 6.45) is -4.69. The number of esters is 2. The molecule has 0 spiro atoms. The Morgan fingerprint density at radius 2 is 1.44 bits per heavy atom. The number of rotatable bonds is 3. The Balaban J connectivity index is 1.77. The Labute approximate surface area is 164 Å². The van der Waals surface area contributed by atoms with Gasteiger partial charge in [-0.1, -0.05) is 46.9 Å². The molecule has 0 saturated heterocycles. The molecule has 140 valence electrons. The number of hydrogen-bond donors (Lipinski definition) is 0. The molecule has 2 aromatic carbocycles. The summed E-state index contributed by atoms with van der Waals surface area (Å²) in [4.78, 5) is 24.2. The fraction of sp³-hybridized carbons (Fsp3) is 0.125. The molecule has 5 nitrogen and oxygen atoms in total. The molecule has 0 saturated carbocycles. The molecule has 11 heteroatoms. The van der Waals surface area contributed by atoms with Crippen molar-refractivity contribution in [3.8, 4) is 0 Å². The summed E-state index contributed by atoms with van der Waals surface area (Å²) in [6, 6.07) is 6.65. The number of hydrogen-bond acceptors (Lipinski definition) is 5. The molecular formula is C16H6Cl3F3N2O3. The molecule has 0 aromatic heterocycles. The molecule has 0 fully saturated rings. The van der Waals surface area contributed by atoms with Crippen LogP contribution in [-0.2, 0) is 10.4 Å². The highest BCUT2D eigenvalue weighted by molar-refractivity contribution is 6.42. The summed E-state index contributed by atoms with van der Waals surface area (Å²) in [5, 5.41) is 6.05. The van der Waals surface area contributed by atoms with E-state index in [1.54, 1.807) is 0 Å². The van der Waals surface area contributed by atoms with E-state index in [1.165, 1.54) is 12.1 Å². The molecule has 0 atom stereocenters. The van der Waals surface area contributed by atoms with Crippen molar-refractivity contribution in [2.45, 2.75) is 11.8 Å². The number of carbonyl (C=O) groups excluding carboxylic acids is 2. The largest absolute Gasteiger partial charge is 0.442 e. The van der Waals surface area contributed by atoms with Gasteiger partial charge in [0.05, 0.1) is 21.2 Å². The summed E-state index contributed by atoms with van der Waals surface area (Å²) in [6.45, 7) is 0. The zero-order valence-corrected chi connectivity index (χ0v) is 15.1. The molecule has 1 aliphatic rings. The fourth-order valence-corrected chi connectivity index (χ4v) is 3.18. The minimum absolute atomic E-state index is 0.121. The molecular weight excluding hydrogens is 432 g/mol. The highest BCUT2D eigenvalue weighted by Crippen LogP contribution is 2.52. The summed E-state index contributed by atoms with van der Waals surface area (Å²) in [7, 11) is 0. The predicted octanol–water partition coefficient (Wildman–Crippen LogP) is 5.82. The van der Waals surface area contributed by atoms with Crippen LogP contribution < -0.4 is 0 Å². The summed E-state index contributed by atoms with van der Waals surface area (Å²) < 4.78 is 43.5. The van der Waals surface area contributed by atoms with E-state index in [1.807, 2.05) is 0 Å². The maximum absolute atomic E-state index is 12.9. The second-order valence-electron chi connectivity index (χ2n) is 5.37. The van der Waals surface area contributed by atoms with Crippen LogP contribution in [0.1, 0.15) is 26.3 Å². The quantitative estimate of drug-likeness (QED) is 0.448. The van der Waals surface area contributed by atoms with Gasteiger partial charge in [-0.3, -0.25) is 0 Å². The Kier molecular flexibility index (Phi) is 4.92. The zero-order chi connectivity index (χ0) is 20.0. The number of nitrogens with zero attached hydrogens (tertiary/aromatic N) is 2. The second kappa shape index (κ2) is 6.78. The van der Waals surface area contributed by atoms with Crippen LogP contribution in [0.3, 0.4) is 0 Å². The minimum atomic E-state index is -4.69. The highest BCUT2D eigenvalue weighted by Gasteiger charge is 2.65. The van der Waals surface area contributed by atoms with Crippen molar-refractivity contribution < 1.29 is 27.5 Å². The van der Waals surface area contributed by atoms with Gasteiger partial charge in [0.25, 0.3) is 0 Å². The smallest absolute Gasteiger partial charge is 0.386 e. The highest BCUT2D eigenvalue weighted by atomic mass is 35.5. The normalized spacial score (nSPS) is 14.7. The third kappa shape index (κ3) is 3.65. The van der Waals surface area contributed by atoms with Gasteiger partial charge in [-0.15, -0.1) is 10.2 Å². The molecule has 0 amide bonds. The molecule has 1 aliphatic heterocycles. The van der Waals surface area contributed by atoms with Crippen LogP contribution in [0, 0.1) is 0 Å². The standard InChI is InChI=1S/C16H6Cl3F3N2O3/c17-9-5-10(18)12(11(19)6-9)14(26)27-13(25)7-1-3-8(4-2-7)15(23-24-15)16(20,21)22/h1-6H. The van der Waals surface area contributed by atoms with Crippen LogP contribution in [0.4, 0.5) is 13.2 Å². The zero-order valence-electron chi connectivity index (χ0n) is 12.9. The maximum Gasteiger partial charge on any atom is 0.442 e. The van der Waals surface area contributed by atoms with Gasteiger partial charge in [0.1, 0.15) is 0 Å². The van der Waals surface area contributed by atoms with Gasteiger partial charge in [-0.25, -0.2) is 9.59 Å². The van der Waals surface area contributed by atoms with Crippen LogP contribution >= 0.6 is 34.8 Å². The van der Waals surface area contributed by atoms with Gasteiger partial charge in [-0.05, 0) is 24.3 Å². The molecule has 2 aromatic rings. The van der Waals surface area contributed by atoms with Crippen molar-refractivity contribution in [2.24, 2.45) is 10.2 Å². The number of benzene rings is 2. The molecule has 1 heterocycles. The van der Waals surface area contributed by atoms with E-state index in [0.717, 1.165) is 24.3 Å². The third-order valence-corrected chi connectivity index (χ3v) is 4.43. The second-order valence-corrected chi connectivity index (χ2v) is 6.62. The van der Waals surface area contributed by atoms with E-state index < -0.39 is 23.8 Å². The van der Waals surface area contributed by atoms with Crippen molar-refractivity contribution in [3.05, 3.63) is 68.2 Å². The van der Waals surface area contributed by atoms with E-state index >= 15 is 0 Å². The van der Waals surface area contributed by atoms with Crippen molar-refractivity contribution in [3.63, 3.8) is 0 Å². The Bertz CT molecular complexity index is 946. The number of ether oxygens (including phenoxy) is 1. The molecule has 3 rings (SSSR count). The minimum Gasteiger partial charge on any atom is -0.386 e. The van der Waals surface area contributed by atoms with Gasteiger partial charge in [0.2, 0.25) is 0 Å². The monoisotopic (exact) mass is 436 g/mol. The predicted molar refractivity (Wildman–Crippen MR) is 90.2 cm³/mol. The van der Waals surface area contributed by atoms with Crippen molar-refractivity contribution in [2.75, 3.05) is 0 Å². The van der Waals surface area contributed by atoms with Gasteiger partial charge >= 0.3 is 23.8 Å². The number of alkyl halides is 3. The molecule has 0 unspecified atom stereocenters. The molecule has 0 radical (unpaired) electrons. The molecule has 0 bridgehead atoms. The topological polar surface area (TPSA) is 68.1 Å². The Morgan fingerprint density at radius 1 is 0.926 bits per heavy atom. The van der Waals surface area contributed by atoms with E-state index in [4.69, 9.17) is 34.8 Å². The van der Waals surface area contributed by atoms with Crippen LogP contribution in [0.5, 0.6) is 0 Å². The number of carbonyl (C=O) groups is 2. The average molecular weight is 438 g/mol. The first-order valence-corrected chi connectivity index (χ1v) is 8.21. The lowest BCUT2D eigenvalue weighted by atomic mass is 10.0. The van der Waals surface area contributed by atoms with Gasteiger partial charge in [-0.2, -0.15) is 13.2 Å². The molecule has 0 aliphatic carbocycles. The van der Waals surface area contributed by atoms with E-state index in [0.29, 0.717) is 0 Å². The average Bonchev–Trinajstić information content (AvgIpc) is 3.35. The van der Waals surface area contributed by atoms with Crippen molar-refractivity contribution in [1.82, 2.24) is 0 Å². The fourth-order valence-electron chi connectivity index (χ4n) is 2.21. The Hall–Kier alpha value is -2.16. The number of halogens is 6. The molecule has 27 heavy (non-hydrogen) atoms. The van der Waals surface area contributed by atoms with Gasteiger partial charge in [0.15, 0.2) is 0 Å². The maximum atomic E-state index is 12.9. The lowest BCUT2D eigenvalue weighted by Gasteiger charge is -2.14. The van der Waals surface area contributed by atoms with E-state index in [9.17, 15) is 22.8 Å². The Morgan fingerprint density at radius 3 is 1.89 bits per heavy atom. The van der Waals surface area contributed by atoms with Gasteiger partial charge < -0.3 is 4.74 Å². The summed E-state index contributed by atoms with van der Waals surface area (Å²) in [5.74, 6) is -2.23. The van der Waals surface area contributed by atoms with Crippen LogP contribution in [-0.4, -0.2) is 18.1 Å². The first-order chi connectivity index (χ1) is 12.5. The van der Waals surface area contributed by atoms with Crippen molar-refractivity contribution in [1.29, 1.82) is 0 Å². The van der Waals surface area contributed by atoms with E-state index in [-0.39, 0.29) is 31.8 Å². The van der Waals surface area contributed by atoms with Crippen LogP contribution in [0.15, 0.2) is 46.6 Å². The first kappa shape index (κ1) is 19.6. The van der Waals surface area contributed by atoms with Crippen LogP contribution in [0.2, 0.25) is 15.1 Å². The molecule has 0 N–H and O–H groups in total. The third-order valence-electron chi connectivity index (χ3n) is 3.61. The summed E-state index contributed by atoms with van der Waals surface area (Å²) >= 11 is 17.5. The summed E-state index contributed by atoms with van der Waals surface area (Å²) in [5.41, 5.74) is -3.29. The van der Waals surface area contributed by atoms with Crippen molar-refractivity contribution >= 4 is 46.7 Å². The SMILES string of the molecule is O=C(OC(=O)c1c(Cl)cc(Cl)cc1Cl)c1ccc(C2(C(F)(F)F)N=N2)cc1.